The Kier molecular flexibility index (Phi) is 5.16. The van der Waals surface area contributed by atoms with Crippen molar-refractivity contribution in [2.45, 2.75) is 0 Å². The van der Waals surface area contributed by atoms with E-state index in [1.807, 2.05) is 24.3 Å². The molecule has 28 heavy (non-hydrogen) atoms. The Morgan fingerprint density at radius 3 is 2.86 bits per heavy atom. The molecule has 1 fully saturated rings. The van der Waals surface area contributed by atoms with E-state index in [4.69, 9.17) is 9.47 Å². The number of aromatic nitrogens is 4. The summed E-state index contributed by atoms with van der Waals surface area (Å²) in [7, 11) is 1.60. The molecule has 0 bridgehead atoms. The molecule has 1 aliphatic heterocycles. The molecule has 1 saturated heterocycles. The van der Waals surface area contributed by atoms with Crippen LogP contribution >= 0.6 is 0 Å². The molecule has 2 aromatic heterocycles. The van der Waals surface area contributed by atoms with Crippen LogP contribution in [0.1, 0.15) is 10.5 Å². The Hall–Kier alpha value is -3.46. The van der Waals surface area contributed by atoms with Gasteiger partial charge < -0.3 is 19.7 Å². The SMILES string of the molecule is COc1ccccc1-c1cc(C(=O)Nc2cc(N3CCOCC3)ncn2)[nH]n1. The predicted molar refractivity (Wildman–Crippen MR) is 104 cm³/mol. The highest BCUT2D eigenvalue weighted by molar-refractivity contribution is 6.03. The zero-order valence-corrected chi connectivity index (χ0v) is 15.4. The van der Waals surface area contributed by atoms with E-state index in [2.05, 4.69) is 30.4 Å². The molecule has 0 spiro atoms. The number of aromatic amines is 1. The lowest BCUT2D eigenvalue weighted by Gasteiger charge is -2.27. The van der Waals surface area contributed by atoms with Crippen molar-refractivity contribution in [1.82, 2.24) is 20.2 Å². The van der Waals surface area contributed by atoms with Gasteiger partial charge in [0, 0.05) is 24.7 Å². The van der Waals surface area contributed by atoms with Gasteiger partial charge in [-0.15, -0.1) is 0 Å². The van der Waals surface area contributed by atoms with Gasteiger partial charge in [-0.05, 0) is 18.2 Å². The van der Waals surface area contributed by atoms with Crippen LogP contribution in [0.4, 0.5) is 11.6 Å². The topological polar surface area (TPSA) is 105 Å². The second kappa shape index (κ2) is 8.05. The fourth-order valence-corrected chi connectivity index (χ4v) is 3.00. The van der Waals surface area contributed by atoms with Crippen LogP contribution < -0.4 is 15.0 Å². The molecule has 0 unspecified atom stereocenters. The van der Waals surface area contributed by atoms with Crippen molar-refractivity contribution >= 4 is 17.5 Å². The van der Waals surface area contributed by atoms with Crippen molar-refractivity contribution < 1.29 is 14.3 Å². The standard InChI is InChI=1S/C19H20N6O3/c1-27-16-5-3-2-4-13(16)14-10-15(24-23-14)19(26)22-17-11-18(21-12-20-17)25-6-8-28-9-7-25/h2-5,10-12H,6-9H2,1H3,(H,23,24)(H,20,21,22,26). The van der Waals surface area contributed by atoms with Crippen LogP contribution in [0.15, 0.2) is 42.7 Å². The third-order valence-corrected chi connectivity index (χ3v) is 4.43. The van der Waals surface area contributed by atoms with Gasteiger partial charge in [-0.3, -0.25) is 9.89 Å². The first-order valence-corrected chi connectivity index (χ1v) is 8.89. The largest absolute Gasteiger partial charge is 0.496 e. The second-order valence-corrected chi connectivity index (χ2v) is 6.18. The van der Waals surface area contributed by atoms with Gasteiger partial charge in [0.15, 0.2) is 0 Å². The van der Waals surface area contributed by atoms with Gasteiger partial charge >= 0.3 is 0 Å². The number of anilines is 2. The highest BCUT2D eigenvalue weighted by Gasteiger charge is 2.16. The lowest BCUT2D eigenvalue weighted by molar-refractivity contribution is 0.102. The number of H-pyrrole nitrogens is 1. The highest BCUT2D eigenvalue weighted by atomic mass is 16.5. The minimum absolute atomic E-state index is 0.326. The van der Waals surface area contributed by atoms with Crippen molar-refractivity contribution in [2.75, 3.05) is 43.6 Å². The maximum Gasteiger partial charge on any atom is 0.274 e. The summed E-state index contributed by atoms with van der Waals surface area (Å²) in [4.78, 5) is 23.1. The minimum Gasteiger partial charge on any atom is -0.496 e. The number of nitrogens with one attached hydrogen (secondary N) is 2. The Balaban J connectivity index is 1.49. The quantitative estimate of drug-likeness (QED) is 0.697. The molecule has 0 atom stereocenters. The molecule has 4 rings (SSSR count). The van der Waals surface area contributed by atoms with Crippen LogP contribution in [0.2, 0.25) is 0 Å². The number of carbonyl (C=O) groups excluding carboxylic acids is 1. The van der Waals surface area contributed by atoms with Crippen molar-refractivity contribution in [3.05, 3.63) is 48.4 Å². The second-order valence-electron chi connectivity index (χ2n) is 6.18. The van der Waals surface area contributed by atoms with E-state index in [1.165, 1.54) is 6.33 Å². The van der Waals surface area contributed by atoms with Crippen LogP contribution in [0.5, 0.6) is 5.75 Å². The number of nitrogens with zero attached hydrogens (tertiary/aromatic N) is 4. The fraction of sp³-hybridized carbons (Fsp3) is 0.263. The van der Waals surface area contributed by atoms with Gasteiger partial charge in [0.25, 0.3) is 5.91 Å². The fourth-order valence-electron chi connectivity index (χ4n) is 3.00. The lowest BCUT2D eigenvalue weighted by Crippen LogP contribution is -2.36. The summed E-state index contributed by atoms with van der Waals surface area (Å²) in [5, 5.41) is 9.77. The van der Waals surface area contributed by atoms with Gasteiger partial charge in [-0.25, -0.2) is 9.97 Å². The van der Waals surface area contributed by atoms with Gasteiger partial charge in [0.2, 0.25) is 0 Å². The van der Waals surface area contributed by atoms with Crippen molar-refractivity contribution in [3.63, 3.8) is 0 Å². The number of hydrogen-bond donors (Lipinski definition) is 2. The first-order chi connectivity index (χ1) is 13.7. The van der Waals surface area contributed by atoms with E-state index in [0.717, 1.165) is 24.5 Å². The minimum atomic E-state index is -0.333. The highest BCUT2D eigenvalue weighted by Crippen LogP contribution is 2.28. The Morgan fingerprint density at radius 1 is 1.21 bits per heavy atom. The molecule has 3 heterocycles. The van der Waals surface area contributed by atoms with Crippen LogP contribution in [-0.2, 0) is 4.74 Å². The summed E-state index contributed by atoms with van der Waals surface area (Å²) in [5.41, 5.74) is 1.75. The smallest absolute Gasteiger partial charge is 0.274 e. The molecule has 2 N–H and O–H groups in total. The molecule has 9 heteroatoms. The molecule has 0 radical (unpaired) electrons. The average molecular weight is 380 g/mol. The zero-order chi connectivity index (χ0) is 19.3. The Morgan fingerprint density at radius 2 is 2.04 bits per heavy atom. The first kappa shape index (κ1) is 17.9. The molecule has 1 aromatic carbocycles. The lowest BCUT2D eigenvalue weighted by atomic mass is 10.1. The molecular formula is C19H20N6O3. The maximum atomic E-state index is 12.6. The monoisotopic (exact) mass is 380 g/mol. The van der Waals surface area contributed by atoms with Crippen LogP contribution in [0.25, 0.3) is 11.3 Å². The predicted octanol–water partition coefficient (Wildman–Crippen LogP) is 1.96. The zero-order valence-electron chi connectivity index (χ0n) is 15.4. The molecule has 1 aliphatic rings. The van der Waals surface area contributed by atoms with Gasteiger partial charge in [-0.1, -0.05) is 12.1 Å². The number of para-hydroxylation sites is 1. The number of rotatable bonds is 5. The van der Waals surface area contributed by atoms with Crippen LogP contribution in [0, 0.1) is 0 Å². The number of hydrogen-bond acceptors (Lipinski definition) is 7. The Labute approximate surface area is 161 Å². The Bertz CT molecular complexity index is 968. The van der Waals surface area contributed by atoms with Crippen LogP contribution in [-0.4, -0.2) is 59.5 Å². The number of benzene rings is 1. The van der Waals surface area contributed by atoms with E-state index in [1.54, 1.807) is 19.2 Å². The number of morpholine rings is 1. The molecule has 1 amide bonds. The summed E-state index contributed by atoms with van der Waals surface area (Å²) in [5.74, 6) is 1.54. The van der Waals surface area contributed by atoms with E-state index in [-0.39, 0.29) is 5.91 Å². The van der Waals surface area contributed by atoms with Crippen molar-refractivity contribution in [2.24, 2.45) is 0 Å². The molecule has 144 valence electrons. The normalized spacial score (nSPS) is 14.0. The maximum absolute atomic E-state index is 12.6. The summed E-state index contributed by atoms with van der Waals surface area (Å²) in [6.07, 6.45) is 1.44. The number of carbonyl (C=O) groups is 1. The van der Waals surface area contributed by atoms with E-state index in [9.17, 15) is 4.79 Å². The molecule has 0 aliphatic carbocycles. The molecule has 3 aromatic rings. The summed E-state index contributed by atoms with van der Waals surface area (Å²) in [6, 6.07) is 10.9. The van der Waals surface area contributed by atoms with E-state index in [0.29, 0.717) is 36.2 Å². The average Bonchev–Trinajstić information content (AvgIpc) is 3.25. The number of amides is 1. The van der Waals surface area contributed by atoms with E-state index >= 15 is 0 Å². The summed E-state index contributed by atoms with van der Waals surface area (Å²) < 4.78 is 10.7. The summed E-state index contributed by atoms with van der Waals surface area (Å²) >= 11 is 0. The van der Waals surface area contributed by atoms with Gasteiger partial charge in [0.05, 0.1) is 26.0 Å². The number of methoxy groups -OCH3 is 1. The molecule has 9 nitrogen and oxygen atoms in total. The summed E-state index contributed by atoms with van der Waals surface area (Å²) in [6.45, 7) is 2.83. The number of ether oxygens (including phenoxy) is 2. The molecular weight excluding hydrogens is 360 g/mol. The first-order valence-electron chi connectivity index (χ1n) is 8.89. The van der Waals surface area contributed by atoms with Gasteiger partial charge in [-0.2, -0.15) is 5.10 Å². The van der Waals surface area contributed by atoms with Gasteiger partial charge in [0.1, 0.15) is 29.4 Å². The van der Waals surface area contributed by atoms with E-state index < -0.39 is 0 Å². The third-order valence-electron chi connectivity index (χ3n) is 4.43. The van der Waals surface area contributed by atoms with Crippen LogP contribution in [0.3, 0.4) is 0 Å². The third kappa shape index (κ3) is 3.79. The van der Waals surface area contributed by atoms with Crippen molar-refractivity contribution in [1.29, 1.82) is 0 Å². The molecule has 0 saturated carbocycles. The van der Waals surface area contributed by atoms with Crippen molar-refractivity contribution in [3.8, 4) is 17.0 Å².